The summed E-state index contributed by atoms with van der Waals surface area (Å²) in [6, 6.07) is 25.1. The molecule has 0 fully saturated rings. The molecule has 9 heteroatoms. The van der Waals surface area contributed by atoms with E-state index in [4.69, 9.17) is 23.7 Å². The number of para-hydroxylation sites is 1. The summed E-state index contributed by atoms with van der Waals surface area (Å²) >= 11 is 5.25. The van der Waals surface area contributed by atoms with Crippen molar-refractivity contribution in [2.45, 2.75) is 0 Å². The molecule has 0 saturated heterocycles. The summed E-state index contributed by atoms with van der Waals surface area (Å²) in [4.78, 5) is 10.2. The molecule has 1 N–H and O–H groups in total. The molecule has 1 aromatic heterocycles. The van der Waals surface area contributed by atoms with Crippen LogP contribution in [0.1, 0.15) is 11.3 Å². The SMILES string of the molecule is [Cu+2].[N-]=[N+]=[N-].[S-]C(=Nc1ccccc1)N/N=C(\c1ccccc1)c1ccccn1. The molecule has 0 atom stereocenters. The van der Waals surface area contributed by atoms with E-state index in [1.165, 1.54) is 4.91 Å². The predicted octanol–water partition coefficient (Wildman–Crippen LogP) is 4.52. The molecule has 2 aromatic carbocycles. The molecule has 0 aliphatic rings. The van der Waals surface area contributed by atoms with Crippen molar-refractivity contribution in [2.24, 2.45) is 10.1 Å². The number of nitrogens with one attached hydrogen (secondary N) is 1. The van der Waals surface area contributed by atoms with Gasteiger partial charge in [-0.05, 0) is 24.3 Å². The van der Waals surface area contributed by atoms with Crippen LogP contribution >= 0.6 is 0 Å². The third kappa shape index (κ3) is 7.57. The summed E-state index contributed by atoms with van der Waals surface area (Å²) in [5.74, 6) is 0. The Hall–Kier alpha value is -3.22. The fraction of sp³-hybridized carbons (Fsp3) is 0. The van der Waals surface area contributed by atoms with Crippen LogP contribution in [-0.2, 0) is 29.7 Å². The zero-order valence-corrected chi connectivity index (χ0v) is 16.2. The Bertz CT molecular complexity index is 885. The molecule has 0 unspecified atom stereocenters. The maximum Gasteiger partial charge on any atom is 2.00 e. The van der Waals surface area contributed by atoms with Gasteiger partial charge in [-0.3, -0.25) is 20.3 Å². The van der Waals surface area contributed by atoms with Crippen molar-refractivity contribution in [3.05, 3.63) is 112 Å². The van der Waals surface area contributed by atoms with Crippen molar-refractivity contribution in [3.63, 3.8) is 0 Å². The van der Waals surface area contributed by atoms with Crippen LogP contribution in [0.4, 0.5) is 5.69 Å². The second kappa shape index (κ2) is 13.0. The molecule has 143 valence electrons. The van der Waals surface area contributed by atoms with Crippen molar-refractivity contribution in [3.8, 4) is 0 Å². The van der Waals surface area contributed by atoms with Gasteiger partial charge in [0.25, 0.3) is 0 Å². The Labute approximate surface area is 178 Å². The van der Waals surface area contributed by atoms with Gasteiger partial charge < -0.3 is 23.7 Å². The van der Waals surface area contributed by atoms with E-state index >= 15 is 0 Å². The van der Waals surface area contributed by atoms with Gasteiger partial charge in [0.2, 0.25) is 0 Å². The number of aliphatic imine (C=N–C) groups is 1. The van der Waals surface area contributed by atoms with Gasteiger partial charge in [-0.2, -0.15) is 5.10 Å². The molecule has 0 bridgehead atoms. The standard InChI is InChI=1S/C19H16N4S.Cu.N3/c24-19(21-16-11-5-2-6-12-16)23-22-18(15-9-3-1-4-10-15)17-13-7-8-14-20-17;;1-3-2/h1-14H,(H2,21,23,24);;/q;+2;-1/p-1/b22-18+;;. The first-order valence-electron chi connectivity index (χ1n) is 7.84. The number of nitrogens with zero attached hydrogens (tertiary/aromatic N) is 6. The van der Waals surface area contributed by atoms with Gasteiger partial charge in [-0.25, -0.2) is 0 Å². The van der Waals surface area contributed by atoms with E-state index in [0.717, 1.165) is 16.9 Å². The van der Waals surface area contributed by atoms with Crippen molar-refractivity contribution < 1.29 is 17.1 Å². The molecular weight excluding hydrogens is 422 g/mol. The first kappa shape index (κ1) is 22.8. The Kier molecular flexibility index (Phi) is 10.6. The van der Waals surface area contributed by atoms with E-state index in [9.17, 15) is 0 Å². The minimum absolute atomic E-state index is 0. The zero-order chi connectivity index (χ0) is 19.3. The average Bonchev–Trinajstić information content (AvgIpc) is 2.71. The number of hydrogen-bond donors (Lipinski definition) is 1. The maximum absolute atomic E-state index is 6.75. The summed E-state index contributed by atoms with van der Waals surface area (Å²) in [5, 5.41) is 4.73. The summed E-state index contributed by atoms with van der Waals surface area (Å²) in [5.41, 5.74) is 19.5. The molecule has 0 amide bonds. The molecule has 0 aliphatic carbocycles. The van der Waals surface area contributed by atoms with Crippen molar-refractivity contribution in [2.75, 3.05) is 0 Å². The van der Waals surface area contributed by atoms with Gasteiger partial charge in [0, 0.05) is 16.9 Å². The topological polar surface area (TPSA) is 108 Å². The smallest absolute Gasteiger partial charge is 0.741 e. The average molecular weight is 437 g/mol. The van der Waals surface area contributed by atoms with Gasteiger partial charge in [0.1, 0.15) is 5.71 Å². The summed E-state index contributed by atoms with van der Waals surface area (Å²) < 4.78 is 0. The summed E-state index contributed by atoms with van der Waals surface area (Å²) in [6.07, 6.45) is 1.74. The first-order valence-corrected chi connectivity index (χ1v) is 8.25. The molecule has 0 saturated carbocycles. The number of benzene rings is 2. The molecule has 1 heterocycles. The summed E-state index contributed by atoms with van der Waals surface area (Å²) in [7, 11) is 0. The van der Waals surface area contributed by atoms with Crippen LogP contribution in [0.2, 0.25) is 0 Å². The molecular formula is C19H15CuN7S. The third-order valence-corrected chi connectivity index (χ3v) is 3.39. The van der Waals surface area contributed by atoms with E-state index in [1.54, 1.807) is 6.20 Å². The van der Waals surface area contributed by atoms with Crippen molar-refractivity contribution >= 4 is 29.2 Å². The maximum atomic E-state index is 6.75. The second-order valence-electron chi connectivity index (χ2n) is 5.00. The quantitative estimate of drug-likeness (QED) is 0.0948. The monoisotopic (exact) mass is 436 g/mol. The van der Waals surface area contributed by atoms with Gasteiger partial charge in [0.15, 0.2) is 0 Å². The molecule has 3 rings (SSSR count). The summed E-state index contributed by atoms with van der Waals surface area (Å²) in [6.45, 7) is 0. The van der Waals surface area contributed by atoms with Crippen LogP contribution in [0.5, 0.6) is 0 Å². The number of pyridine rings is 1. The Balaban J connectivity index is 0.000000921. The van der Waals surface area contributed by atoms with Crippen molar-refractivity contribution in [1.29, 1.82) is 0 Å². The molecule has 7 nitrogen and oxygen atoms in total. The molecule has 3 aromatic rings. The number of hydrazone groups is 1. The van der Waals surface area contributed by atoms with E-state index in [1.807, 2.05) is 78.9 Å². The van der Waals surface area contributed by atoms with Crippen LogP contribution in [0.25, 0.3) is 16.0 Å². The van der Waals surface area contributed by atoms with Gasteiger partial charge in [-0.1, -0.05) is 54.6 Å². The predicted molar refractivity (Wildman–Crippen MR) is 110 cm³/mol. The molecule has 0 aliphatic heterocycles. The zero-order valence-electron chi connectivity index (χ0n) is 14.5. The fourth-order valence-electron chi connectivity index (χ4n) is 2.12. The van der Waals surface area contributed by atoms with Gasteiger partial charge >= 0.3 is 17.1 Å². The Morgan fingerprint density at radius 3 is 2.04 bits per heavy atom. The normalized spacial score (nSPS) is 10.6. The van der Waals surface area contributed by atoms with E-state index in [0.29, 0.717) is 10.9 Å². The van der Waals surface area contributed by atoms with Gasteiger partial charge in [0.05, 0.1) is 11.4 Å². The molecule has 28 heavy (non-hydrogen) atoms. The largest absolute Gasteiger partial charge is 2.00 e. The molecule has 0 spiro atoms. The van der Waals surface area contributed by atoms with Crippen LogP contribution in [-0.4, -0.2) is 15.9 Å². The van der Waals surface area contributed by atoms with Crippen LogP contribution < -0.4 is 5.43 Å². The first-order chi connectivity index (χ1) is 13.2. The minimum atomic E-state index is 0. The Morgan fingerprint density at radius 2 is 1.46 bits per heavy atom. The fourth-order valence-corrected chi connectivity index (χ4v) is 2.27. The van der Waals surface area contributed by atoms with Crippen LogP contribution in [0.15, 0.2) is 95.2 Å². The number of amidine groups is 1. The minimum Gasteiger partial charge on any atom is -0.741 e. The van der Waals surface area contributed by atoms with Crippen LogP contribution in [0.3, 0.4) is 0 Å². The second-order valence-corrected chi connectivity index (χ2v) is 5.38. The van der Waals surface area contributed by atoms with E-state index in [-0.39, 0.29) is 17.1 Å². The van der Waals surface area contributed by atoms with E-state index < -0.39 is 0 Å². The number of hydrogen-bond acceptors (Lipinski definition) is 4. The molecule has 1 radical (unpaired) electrons. The van der Waals surface area contributed by atoms with Gasteiger partial charge in [-0.15, -0.1) is 0 Å². The number of aromatic nitrogens is 1. The van der Waals surface area contributed by atoms with Crippen molar-refractivity contribution in [1.82, 2.24) is 10.4 Å². The number of rotatable bonds is 4. The van der Waals surface area contributed by atoms with Crippen LogP contribution in [0, 0.1) is 0 Å². The third-order valence-electron chi connectivity index (χ3n) is 3.20. The Morgan fingerprint density at radius 1 is 0.893 bits per heavy atom. The van der Waals surface area contributed by atoms with E-state index in [2.05, 4.69) is 20.5 Å².